The molecule has 110 valence electrons. The number of amides is 1. The van der Waals surface area contributed by atoms with Gasteiger partial charge in [0.25, 0.3) is 0 Å². The molecule has 4 heteroatoms. The molecule has 1 atom stereocenters. The summed E-state index contributed by atoms with van der Waals surface area (Å²) in [6.45, 7) is 6.05. The molecule has 1 fully saturated rings. The molecule has 1 aromatic rings. The fourth-order valence-corrected chi connectivity index (χ4v) is 3.72. The van der Waals surface area contributed by atoms with Crippen LogP contribution in [0.3, 0.4) is 0 Å². The fourth-order valence-electron chi connectivity index (χ4n) is 3.72. The van der Waals surface area contributed by atoms with Gasteiger partial charge in [-0.25, -0.2) is 0 Å². The van der Waals surface area contributed by atoms with Gasteiger partial charge in [0.05, 0.1) is 6.04 Å². The van der Waals surface area contributed by atoms with Gasteiger partial charge in [0.1, 0.15) is 0 Å². The van der Waals surface area contributed by atoms with Crippen molar-refractivity contribution in [2.45, 2.75) is 58.2 Å². The van der Waals surface area contributed by atoms with Crippen molar-refractivity contribution in [3.63, 3.8) is 0 Å². The highest BCUT2D eigenvalue weighted by Gasteiger charge is 2.33. The maximum Gasteiger partial charge on any atom is 0.226 e. The minimum absolute atomic E-state index is 0.194. The molecule has 20 heavy (non-hydrogen) atoms. The molecule has 4 nitrogen and oxygen atoms in total. The topological polar surface area (TPSA) is 51.3 Å². The number of aromatic nitrogens is 1. The van der Waals surface area contributed by atoms with Gasteiger partial charge in [-0.3, -0.25) is 4.79 Å². The van der Waals surface area contributed by atoms with Gasteiger partial charge in [0.2, 0.25) is 5.91 Å². The maximum atomic E-state index is 12.8. The molecule has 1 aliphatic heterocycles. The lowest BCUT2D eigenvalue weighted by atomic mass is 9.85. The summed E-state index contributed by atoms with van der Waals surface area (Å²) in [6, 6.07) is 4.81. The van der Waals surface area contributed by atoms with Gasteiger partial charge in [0.15, 0.2) is 0 Å². The molecule has 0 spiro atoms. The van der Waals surface area contributed by atoms with Crippen LogP contribution in [0.4, 0.5) is 0 Å². The summed E-state index contributed by atoms with van der Waals surface area (Å²) >= 11 is 0. The second-order valence-electron chi connectivity index (χ2n) is 6.37. The Morgan fingerprint density at radius 3 is 2.60 bits per heavy atom. The van der Waals surface area contributed by atoms with Crippen LogP contribution in [0.1, 0.15) is 50.0 Å². The second-order valence-corrected chi connectivity index (χ2v) is 6.37. The molecule has 2 N–H and O–H groups in total. The van der Waals surface area contributed by atoms with Crippen molar-refractivity contribution in [3.05, 3.63) is 23.5 Å². The van der Waals surface area contributed by atoms with Gasteiger partial charge in [0, 0.05) is 36.4 Å². The van der Waals surface area contributed by atoms with Gasteiger partial charge in [-0.1, -0.05) is 0 Å². The molecule has 0 saturated heterocycles. The van der Waals surface area contributed by atoms with E-state index in [-0.39, 0.29) is 12.0 Å². The van der Waals surface area contributed by atoms with Crippen LogP contribution in [0.15, 0.2) is 12.1 Å². The van der Waals surface area contributed by atoms with E-state index in [1.54, 1.807) is 0 Å². The first-order valence-corrected chi connectivity index (χ1v) is 7.80. The predicted octanol–water partition coefficient (Wildman–Crippen LogP) is 2.22. The summed E-state index contributed by atoms with van der Waals surface area (Å²) in [5.41, 5.74) is 8.51. The third-order valence-corrected chi connectivity index (χ3v) is 5.10. The van der Waals surface area contributed by atoms with Crippen molar-refractivity contribution in [1.29, 1.82) is 0 Å². The number of carbonyl (C=O) groups is 1. The zero-order valence-electron chi connectivity index (χ0n) is 12.5. The Kier molecular flexibility index (Phi) is 3.59. The Hall–Kier alpha value is -1.29. The molecule has 2 heterocycles. The van der Waals surface area contributed by atoms with E-state index in [4.69, 9.17) is 5.73 Å². The number of hydrogen-bond acceptors (Lipinski definition) is 2. The van der Waals surface area contributed by atoms with Gasteiger partial charge in [-0.2, -0.15) is 0 Å². The SMILES string of the molecule is Cc1ccc2n1CCN(C(=O)C1CCC(N)CC1)C2C. The third kappa shape index (κ3) is 2.26. The lowest BCUT2D eigenvalue weighted by Crippen LogP contribution is -2.45. The number of carbonyl (C=O) groups excluding carboxylic acids is 1. The molecular weight excluding hydrogens is 250 g/mol. The first-order chi connectivity index (χ1) is 9.58. The predicted molar refractivity (Wildman–Crippen MR) is 79.2 cm³/mol. The highest BCUT2D eigenvalue weighted by molar-refractivity contribution is 5.79. The van der Waals surface area contributed by atoms with Crippen LogP contribution >= 0.6 is 0 Å². The Balaban J connectivity index is 1.73. The van der Waals surface area contributed by atoms with Crippen LogP contribution in [-0.2, 0) is 11.3 Å². The average Bonchev–Trinajstić information content (AvgIpc) is 2.82. The van der Waals surface area contributed by atoms with E-state index in [0.29, 0.717) is 11.9 Å². The second kappa shape index (κ2) is 5.24. The summed E-state index contributed by atoms with van der Waals surface area (Å²) < 4.78 is 2.34. The van der Waals surface area contributed by atoms with E-state index >= 15 is 0 Å². The molecule has 0 radical (unpaired) electrons. The van der Waals surface area contributed by atoms with E-state index in [2.05, 4.69) is 35.4 Å². The largest absolute Gasteiger partial charge is 0.345 e. The van der Waals surface area contributed by atoms with E-state index in [0.717, 1.165) is 38.8 Å². The molecule has 1 aromatic heterocycles. The molecule has 2 aliphatic rings. The van der Waals surface area contributed by atoms with E-state index < -0.39 is 0 Å². The van der Waals surface area contributed by atoms with Crippen LogP contribution < -0.4 is 5.73 Å². The van der Waals surface area contributed by atoms with Crippen LogP contribution in [-0.4, -0.2) is 28.0 Å². The highest BCUT2D eigenvalue weighted by atomic mass is 16.2. The van der Waals surface area contributed by atoms with Gasteiger partial charge >= 0.3 is 0 Å². The smallest absolute Gasteiger partial charge is 0.226 e. The summed E-state index contributed by atoms with van der Waals surface area (Å²) in [4.78, 5) is 14.8. The van der Waals surface area contributed by atoms with Crippen molar-refractivity contribution in [2.24, 2.45) is 11.7 Å². The molecular formula is C16H25N3O. The zero-order valence-corrected chi connectivity index (χ0v) is 12.5. The number of nitrogens with zero attached hydrogens (tertiary/aromatic N) is 2. The highest BCUT2D eigenvalue weighted by Crippen LogP contribution is 2.32. The lowest BCUT2D eigenvalue weighted by Gasteiger charge is -2.38. The monoisotopic (exact) mass is 275 g/mol. The van der Waals surface area contributed by atoms with E-state index in [1.807, 2.05) is 0 Å². The first kappa shape index (κ1) is 13.7. The number of fused-ring (bicyclic) bond motifs is 1. The fraction of sp³-hybridized carbons (Fsp3) is 0.688. The van der Waals surface area contributed by atoms with Crippen molar-refractivity contribution in [1.82, 2.24) is 9.47 Å². The minimum Gasteiger partial charge on any atom is -0.345 e. The summed E-state index contributed by atoms with van der Waals surface area (Å²) in [6.07, 6.45) is 3.91. The van der Waals surface area contributed by atoms with E-state index in [9.17, 15) is 4.79 Å². The Morgan fingerprint density at radius 2 is 1.90 bits per heavy atom. The molecule has 1 aliphatic carbocycles. The maximum absolute atomic E-state index is 12.8. The molecule has 1 unspecified atom stereocenters. The van der Waals surface area contributed by atoms with Crippen molar-refractivity contribution in [2.75, 3.05) is 6.54 Å². The third-order valence-electron chi connectivity index (χ3n) is 5.10. The summed E-state index contributed by atoms with van der Waals surface area (Å²) in [5, 5.41) is 0. The summed E-state index contributed by atoms with van der Waals surface area (Å²) in [7, 11) is 0. The number of aryl methyl sites for hydroxylation is 1. The standard InChI is InChI=1S/C16H25N3O/c1-11-3-8-15-12(2)19(10-9-18(11)15)16(20)13-4-6-14(17)7-5-13/h3,8,12-14H,4-7,9-10,17H2,1-2H3. The minimum atomic E-state index is 0.194. The Morgan fingerprint density at radius 1 is 1.20 bits per heavy atom. The van der Waals surface area contributed by atoms with Gasteiger partial charge in [-0.05, 0) is 51.7 Å². The number of nitrogens with two attached hydrogens (primary N) is 1. The number of rotatable bonds is 1. The Labute approximate surface area is 120 Å². The van der Waals surface area contributed by atoms with E-state index in [1.165, 1.54) is 11.4 Å². The first-order valence-electron chi connectivity index (χ1n) is 7.80. The Bertz CT molecular complexity index is 500. The van der Waals surface area contributed by atoms with Gasteiger partial charge in [-0.15, -0.1) is 0 Å². The van der Waals surface area contributed by atoms with Crippen LogP contribution in [0.5, 0.6) is 0 Å². The molecule has 0 bridgehead atoms. The normalized spacial score (nSPS) is 30.1. The average molecular weight is 275 g/mol. The summed E-state index contributed by atoms with van der Waals surface area (Å²) in [5.74, 6) is 0.536. The molecule has 3 rings (SSSR count). The molecule has 0 aromatic carbocycles. The molecule has 1 saturated carbocycles. The van der Waals surface area contributed by atoms with Crippen molar-refractivity contribution >= 4 is 5.91 Å². The van der Waals surface area contributed by atoms with Crippen LogP contribution in [0, 0.1) is 12.8 Å². The molecule has 1 amide bonds. The van der Waals surface area contributed by atoms with Gasteiger partial charge < -0.3 is 15.2 Å². The quantitative estimate of drug-likeness (QED) is 0.854. The van der Waals surface area contributed by atoms with Crippen molar-refractivity contribution in [3.8, 4) is 0 Å². The number of hydrogen-bond donors (Lipinski definition) is 1. The lowest BCUT2D eigenvalue weighted by molar-refractivity contribution is -0.140. The zero-order chi connectivity index (χ0) is 14.3. The van der Waals surface area contributed by atoms with Crippen molar-refractivity contribution < 1.29 is 4.79 Å². The van der Waals surface area contributed by atoms with Crippen LogP contribution in [0.2, 0.25) is 0 Å². The van der Waals surface area contributed by atoms with Crippen LogP contribution in [0.25, 0.3) is 0 Å².